The lowest BCUT2D eigenvalue weighted by atomic mass is 10.1. The fourth-order valence-corrected chi connectivity index (χ4v) is 3.73. The van der Waals surface area contributed by atoms with Crippen molar-refractivity contribution in [3.63, 3.8) is 0 Å². The Bertz CT molecular complexity index is 939. The van der Waals surface area contributed by atoms with Gasteiger partial charge in [0.2, 0.25) is 6.79 Å². The molecule has 0 aromatic heterocycles. The molecule has 0 atom stereocenters. The van der Waals surface area contributed by atoms with Crippen LogP contribution in [0.1, 0.15) is 16.7 Å². The van der Waals surface area contributed by atoms with Gasteiger partial charge in [0.25, 0.3) is 11.1 Å². The Hall–Kier alpha value is -2.44. The number of amides is 2. The van der Waals surface area contributed by atoms with Crippen molar-refractivity contribution in [1.82, 2.24) is 4.90 Å². The molecule has 1 saturated heterocycles. The van der Waals surface area contributed by atoms with Crippen LogP contribution in [0.25, 0.3) is 6.08 Å². The van der Waals surface area contributed by atoms with Gasteiger partial charge in [0.15, 0.2) is 11.5 Å². The summed E-state index contributed by atoms with van der Waals surface area (Å²) in [4.78, 5) is 26.5. The zero-order valence-electron chi connectivity index (χ0n) is 13.8. The van der Waals surface area contributed by atoms with Gasteiger partial charge in [0.05, 0.1) is 16.5 Å². The number of carbonyl (C=O) groups excluding carboxylic acids is 2. The second-order valence-corrected chi connectivity index (χ2v) is 7.38. The van der Waals surface area contributed by atoms with Crippen LogP contribution >= 0.6 is 23.4 Å². The van der Waals surface area contributed by atoms with Gasteiger partial charge in [-0.3, -0.25) is 14.5 Å². The summed E-state index contributed by atoms with van der Waals surface area (Å²) in [5.41, 5.74) is 2.64. The predicted octanol–water partition coefficient (Wildman–Crippen LogP) is 4.61. The third-order valence-electron chi connectivity index (χ3n) is 4.11. The number of thioether (sulfide) groups is 1. The molecule has 0 bridgehead atoms. The van der Waals surface area contributed by atoms with Crippen molar-refractivity contribution in [2.45, 2.75) is 13.5 Å². The maximum atomic E-state index is 12.7. The Morgan fingerprint density at radius 3 is 2.58 bits per heavy atom. The summed E-state index contributed by atoms with van der Waals surface area (Å²) in [6.45, 7) is 2.38. The molecule has 1 fully saturated rings. The van der Waals surface area contributed by atoms with Crippen LogP contribution in [0.5, 0.6) is 11.5 Å². The molecule has 0 radical (unpaired) electrons. The summed E-state index contributed by atoms with van der Waals surface area (Å²) in [7, 11) is 0. The van der Waals surface area contributed by atoms with E-state index in [0.29, 0.717) is 27.0 Å². The second kappa shape index (κ2) is 6.70. The smallest absolute Gasteiger partial charge is 0.293 e. The minimum absolute atomic E-state index is 0.141. The molecular formula is C19H14ClNO4S. The number of rotatable bonds is 3. The number of benzene rings is 2. The van der Waals surface area contributed by atoms with Gasteiger partial charge in [-0.15, -0.1) is 0 Å². The Labute approximate surface area is 159 Å². The number of hydrogen-bond acceptors (Lipinski definition) is 5. The standard InChI is InChI=1S/C19H14ClNO4S/c1-11-2-4-12(5-3-11)9-21-18(22)17(26-19(21)23)7-13-6-15-16(8-14(13)20)25-10-24-15/h2-8H,9-10H2,1H3/b17-7-. The van der Waals surface area contributed by atoms with E-state index in [-0.39, 0.29) is 24.5 Å². The van der Waals surface area contributed by atoms with E-state index in [1.165, 1.54) is 4.90 Å². The topological polar surface area (TPSA) is 55.8 Å². The minimum Gasteiger partial charge on any atom is -0.454 e. The van der Waals surface area contributed by atoms with Crippen LogP contribution in [0.3, 0.4) is 0 Å². The van der Waals surface area contributed by atoms with Gasteiger partial charge in [-0.25, -0.2) is 0 Å². The zero-order valence-corrected chi connectivity index (χ0v) is 15.4. The summed E-state index contributed by atoms with van der Waals surface area (Å²) in [5.74, 6) is 0.813. The Kier molecular flexibility index (Phi) is 4.38. The molecule has 26 heavy (non-hydrogen) atoms. The molecule has 2 aromatic carbocycles. The highest BCUT2D eigenvalue weighted by Gasteiger charge is 2.35. The van der Waals surface area contributed by atoms with Gasteiger partial charge in [0.1, 0.15) is 0 Å². The molecule has 0 aliphatic carbocycles. The van der Waals surface area contributed by atoms with Crippen molar-refractivity contribution < 1.29 is 19.1 Å². The summed E-state index contributed by atoms with van der Waals surface area (Å²) in [6, 6.07) is 11.1. The first-order valence-corrected chi connectivity index (χ1v) is 9.11. The van der Waals surface area contributed by atoms with E-state index in [4.69, 9.17) is 21.1 Å². The highest BCUT2D eigenvalue weighted by Crippen LogP contribution is 2.40. The summed E-state index contributed by atoms with van der Waals surface area (Å²) in [6.07, 6.45) is 1.62. The zero-order chi connectivity index (χ0) is 18.3. The molecule has 7 heteroatoms. The summed E-state index contributed by atoms with van der Waals surface area (Å²) in [5, 5.41) is 0.137. The largest absolute Gasteiger partial charge is 0.454 e. The Morgan fingerprint density at radius 1 is 1.15 bits per heavy atom. The van der Waals surface area contributed by atoms with Crippen molar-refractivity contribution in [1.29, 1.82) is 0 Å². The van der Waals surface area contributed by atoms with Crippen LogP contribution in [-0.2, 0) is 11.3 Å². The van der Waals surface area contributed by atoms with E-state index in [1.54, 1.807) is 18.2 Å². The molecule has 2 aliphatic rings. The van der Waals surface area contributed by atoms with E-state index in [9.17, 15) is 9.59 Å². The molecule has 0 N–H and O–H groups in total. The third-order valence-corrected chi connectivity index (χ3v) is 5.35. The number of imide groups is 1. The number of carbonyl (C=O) groups is 2. The quantitative estimate of drug-likeness (QED) is 0.719. The van der Waals surface area contributed by atoms with Crippen LogP contribution in [0.2, 0.25) is 5.02 Å². The number of hydrogen-bond donors (Lipinski definition) is 0. The molecule has 2 amide bonds. The lowest BCUT2D eigenvalue weighted by molar-refractivity contribution is -0.123. The lowest BCUT2D eigenvalue weighted by Gasteiger charge is -2.12. The van der Waals surface area contributed by atoms with Crippen molar-refractivity contribution in [3.05, 3.63) is 63.0 Å². The van der Waals surface area contributed by atoms with Crippen molar-refractivity contribution in [3.8, 4) is 11.5 Å². The SMILES string of the molecule is Cc1ccc(CN2C(=O)S/C(=C\c3cc4c(cc3Cl)OCO4)C2=O)cc1. The van der Waals surface area contributed by atoms with Gasteiger partial charge >= 0.3 is 0 Å². The molecule has 5 nitrogen and oxygen atoms in total. The maximum absolute atomic E-state index is 12.7. The van der Waals surface area contributed by atoms with Crippen molar-refractivity contribution in [2.75, 3.05) is 6.79 Å². The first kappa shape index (κ1) is 17.0. The molecule has 2 aromatic rings. The van der Waals surface area contributed by atoms with Gasteiger partial charge in [0, 0.05) is 6.07 Å². The average Bonchev–Trinajstić information content (AvgIpc) is 3.16. The predicted molar refractivity (Wildman–Crippen MR) is 100 cm³/mol. The van der Waals surface area contributed by atoms with E-state index in [0.717, 1.165) is 22.9 Å². The van der Waals surface area contributed by atoms with E-state index < -0.39 is 0 Å². The van der Waals surface area contributed by atoms with Crippen LogP contribution in [0.4, 0.5) is 4.79 Å². The first-order valence-electron chi connectivity index (χ1n) is 7.91. The average molecular weight is 388 g/mol. The molecule has 0 spiro atoms. The molecular weight excluding hydrogens is 374 g/mol. The van der Waals surface area contributed by atoms with Gasteiger partial charge in [-0.05, 0) is 42.0 Å². The summed E-state index contributed by atoms with van der Waals surface area (Å²) < 4.78 is 10.6. The third kappa shape index (κ3) is 3.18. The van der Waals surface area contributed by atoms with E-state index in [1.807, 2.05) is 31.2 Å². The monoisotopic (exact) mass is 387 g/mol. The number of halogens is 1. The van der Waals surface area contributed by atoms with Crippen LogP contribution < -0.4 is 9.47 Å². The van der Waals surface area contributed by atoms with Crippen molar-refractivity contribution >= 4 is 40.6 Å². The molecule has 0 saturated carbocycles. The van der Waals surface area contributed by atoms with Crippen LogP contribution in [-0.4, -0.2) is 22.8 Å². The van der Waals surface area contributed by atoms with Crippen LogP contribution in [0, 0.1) is 6.92 Å². The molecule has 4 rings (SSSR count). The van der Waals surface area contributed by atoms with Crippen LogP contribution in [0.15, 0.2) is 41.3 Å². The first-order chi connectivity index (χ1) is 12.5. The Balaban J connectivity index is 1.59. The molecule has 0 unspecified atom stereocenters. The summed E-state index contributed by atoms with van der Waals surface area (Å²) >= 11 is 7.16. The second-order valence-electron chi connectivity index (χ2n) is 5.98. The van der Waals surface area contributed by atoms with E-state index >= 15 is 0 Å². The number of ether oxygens (including phenoxy) is 2. The van der Waals surface area contributed by atoms with E-state index in [2.05, 4.69) is 0 Å². The van der Waals surface area contributed by atoms with Crippen molar-refractivity contribution in [2.24, 2.45) is 0 Å². The fourth-order valence-electron chi connectivity index (χ4n) is 2.70. The highest BCUT2D eigenvalue weighted by atomic mass is 35.5. The van der Waals surface area contributed by atoms with Gasteiger partial charge in [-0.2, -0.15) is 0 Å². The Morgan fingerprint density at radius 2 is 1.85 bits per heavy atom. The highest BCUT2D eigenvalue weighted by molar-refractivity contribution is 8.18. The molecule has 2 heterocycles. The minimum atomic E-state index is -0.325. The number of aryl methyl sites for hydroxylation is 1. The number of nitrogens with zero attached hydrogens (tertiary/aromatic N) is 1. The fraction of sp³-hybridized carbons (Fsp3) is 0.158. The normalized spacial score (nSPS) is 17.5. The maximum Gasteiger partial charge on any atom is 0.293 e. The molecule has 132 valence electrons. The number of fused-ring (bicyclic) bond motifs is 1. The lowest BCUT2D eigenvalue weighted by Crippen LogP contribution is -2.27. The molecule has 2 aliphatic heterocycles. The van der Waals surface area contributed by atoms with Gasteiger partial charge in [-0.1, -0.05) is 41.4 Å². The van der Waals surface area contributed by atoms with Gasteiger partial charge < -0.3 is 9.47 Å².